The average molecular weight is 160 g/mol. The molecule has 0 spiro atoms. The molecule has 0 radical (unpaired) electrons. The summed E-state index contributed by atoms with van der Waals surface area (Å²) < 4.78 is 5.52. The van der Waals surface area contributed by atoms with Crippen LogP contribution >= 0.6 is 7.92 Å². The molecule has 2 heteroatoms. The van der Waals surface area contributed by atoms with Crippen molar-refractivity contribution in [1.29, 1.82) is 0 Å². The molecule has 0 aromatic rings. The van der Waals surface area contributed by atoms with Crippen LogP contribution in [0, 0.1) is 0 Å². The third kappa shape index (κ3) is 1.93. The van der Waals surface area contributed by atoms with E-state index < -0.39 is 0 Å². The van der Waals surface area contributed by atoms with Crippen LogP contribution in [0.2, 0.25) is 0 Å². The Morgan fingerprint density at radius 1 is 1.40 bits per heavy atom. The molecule has 1 fully saturated rings. The van der Waals surface area contributed by atoms with Crippen LogP contribution in [0.3, 0.4) is 0 Å². The van der Waals surface area contributed by atoms with Crippen LogP contribution in [-0.4, -0.2) is 23.8 Å². The van der Waals surface area contributed by atoms with Gasteiger partial charge in [-0.2, -0.15) is 0 Å². The van der Waals surface area contributed by atoms with Crippen molar-refractivity contribution in [3.63, 3.8) is 0 Å². The highest BCUT2D eigenvalue weighted by atomic mass is 31.1. The van der Waals surface area contributed by atoms with Gasteiger partial charge < -0.3 is 4.74 Å². The third-order valence-electron chi connectivity index (χ3n) is 1.94. The summed E-state index contributed by atoms with van der Waals surface area (Å²) in [6, 6.07) is 0. The molecule has 1 nitrogen and oxygen atoms in total. The third-order valence-corrected chi connectivity index (χ3v) is 5.25. The largest absolute Gasteiger partial charge is 0.374 e. The summed E-state index contributed by atoms with van der Waals surface area (Å²) in [6.45, 7) is 9.13. The van der Waals surface area contributed by atoms with E-state index in [-0.39, 0.29) is 7.92 Å². The molecule has 0 amide bonds. The Balaban J connectivity index is 2.45. The van der Waals surface area contributed by atoms with Gasteiger partial charge in [0, 0.05) is 0 Å². The highest BCUT2D eigenvalue weighted by molar-refractivity contribution is 7.59. The maximum Gasteiger partial charge on any atom is 0.0668 e. The summed E-state index contributed by atoms with van der Waals surface area (Å²) in [5.41, 5.74) is 0. The summed E-state index contributed by atoms with van der Waals surface area (Å²) in [6.07, 6.45) is 2.85. The number of rotatable bonds is 0. The molecule has 0 saturated carbocycles. The monoisotopic (exact) mass is 160 g/mol. The first-order valence-corrected chi connectivity index (χ1v) is 5.58. The Morgan fingerprint density at radius 2 is 2.00 bits per heavy atom. The predicted molar refractivity (Wildman–Crippen MR) is 47.0 cm³/mol. The van der Waals surface area contributed by atoms with Gasteiger partial charge in [-0.25, -0.2) is 0 Å². The van der Waals surface area contributed by atoms with Crippen molar-refractivity contribution in [3.05, 3.63) is 0 Å². The Bertz CT molecular complexity index is 117. The average Bonchev–Trinajstić information content (AvgIpc) is 2.11. The van der Waals surface area contributed by atoms with E-state index >= 15 is 0 Å². The van der Waals surface area contributed by atoms with E-state index in [1.165, 1.54) is 6.16 Å². The second-order valence-corrected chi connectivity index (χ2v) is 7.04. The molecule has 60 valence electrons. The Labute approximate surface area is 64.9 Å². The lowest BCUT2D eigenvalue weighted by molar-refractivity contribution is 0.139. The maximum absolute atomic E-state index is 5.52. The Kier molecular flexibility index (Phi) is 2.37. The van der Waals surface area contributed by atoms with Crippen molar-refractivity contribution in [2.75, 3.05) is 12.5 Å². The quantitative estimate of drug-likeness (QED) is 0.495. The summed E-state index contributed by atoms with van der Waals surface area (Å²) >= 11 is 0. The van der Waals surface area contributed by atoms with Gasteiger partial charge >= 0.3 is 0 Å². The van der Waals surface area contributed by atoms with E-state index in [0.29, 0.717) is 11.3 Å². The SMILES string of the molecule is C[C@@H]1CP(C(C)(C)C)CO1. The molecule has 1 aliphatic heterocycles. The zero-order valence-electron chi connectivity index (χ0n) is 7.35. The minimum Gasteiger partial charge on any atom is -0.374 e. The van der Waals surface area contributed by atoms with E-state index in [4.69, 9.17) is 4.74 Å². The van der Waals surface area contributed by atoms with Gasteiger partial charge in [0.2, 0.25) is 0 Å². The fraction of sp³-hybridized carbons (Fsp3) is 1.00. The lowest BCUT2D eigenvalue weighted by Gasteiger charge is -2.25. The van der Waals surface area contributed by atoms with Gasteiger partial charge in [0.15, 0.2) is 0 Å². The zero-order chi connectivity index (χ0) is 7.78. The van der Waals surface area contributed by atoms with Gasteiger partial charge in [-0.1, -0.05) is 28.7 Å². The molecular weight excluding hydrogens is 143 g/mol. The fourth-order valence-corrected chi connectivity index (χ4v) is 3.30. The highest BCUT2D eigenvalue weighted by Gasteiger charge is 2.30. The van der Waals surface area contributed by atoms with Crippen molar-refractivity contribution in [2.24, 2.45) is 0 Å². The second kappa shape index (κ2) is 2.79. The molecule has 2 atom stereocenters. The first kappa shape index (κ1) is 8.49. The van der Waals surface area contributed by atoms with Crippen molar-refractivity contribution < 1.29 is 4.74 Å². The lowest BCUT2D eigenvalue weighted by atomic mass is 10.3. The smallest absolute Gasteiger partial charge is 0.0668 e. The Hall–Kier alpha value is 0.390. The highest BCUT2D eigenvalue weighted by Crippen LogP contribution is 2.53. The number of ether oxygens (including phenoxy) is 1. The summed E-state index contributed by atoms with van der Waals surface area (Å²) in [7, 11) is 0.152. The molecule has 1 heterocycles. The first-order chi connectivity index (χ1) is 4.50. The number of hydrogen-bond donors (Lipinski definition) is 0. The summed E-state index contributed by atoms with van der Waals surface area (Å²) in [5.74, 6) is 0. The minimum atomic E-state index is 0.152. The molecule has 1 unspecified atom stereocenters. The van der Waals surface area contributed by atoms with Gasteiger partial charge in [-0.15, -0.1) is 0 Å². The minimum absolute atomic E-state index is 0.152. The van der Waals surface area contributed by atoms with E-state index in [1.54, 1.807) is 0 Å². The molecule has 1 aliphatic rings. The van der Waals surface area contributed by atoms with Crippen LogP contribution in [0.1, 0.15) is 27.7 Å². The molecular formula is C8H17OP. The van der Waals surface area contributed by atoms with Crippen molar-refractivity contribution in [1.82, 2.24) is 0 Å². The molecule has 1 rings (SSSR count). The molecule has 0 bridgehead atoms. The van der Waals surface area contributed by atoms with E-state index in [0.717, 1.165) is 6.35 Å². The Morgan fingerprint density at radius 3 is 2.20 bits per heavy atom. The van der Waals surface area contributed by atoms with Crippen molar-refractivity contribution in [2.45, 2.75) is 39.0 Å². The number of hydrogen-bond acceptors (Lipinski definition) is 1. The van der Waals surface area contributed by atoms with Gasteiger partial charge in [0.1, 0.15) is 0 Å². The van der Waals surface area contributed by atoms with E-state index in [2.05, 4.69) is 27.7 Å². The van der Waals surface area contributed by atoms with Crippen molar-refractivity contribution in [3.8, 4) is 0 Å². The predicted octanol–water partition coefficient (Wildman–Crippen LogP) is 2.64. The molecule has 0 aliphatic carbocycles. The summed E-state index contributed by atoms with van der Waals surface area (Å²) in [4.78, 5) is 0. The maximum atomic E-state index is 5.52. The van der Waals surface area contributed by atoms with E-state index in [9.17, 15) is 0 Å². The van der Waals surface area contributed by atoms with E-state index in [1.807, 2.05) is 0 Å². The lowest BCUT2D eigenvalue weighted by Crippen LogP contribution is -2.13. The van der Waals surface area contributed by atoms with Gasteiger partial charge in [-0.3, -0.25) is 0 Å². The second-order valence-electron chi connectivity index (χ2n) is 4.00. The molecule has 0 N–H and O–H groups in total. The van der Waals surface area contributed by atoms with Crippen LogP contribution in [0.15, 0.2) is 0 Å². The molecule has 1 saturated heterocycles. The van der Waals surface area contributed by atoms with Crippen LogP contribution in [0.5, 0.6) is 0 Å². The topological polar surface area (TPSA) is 9.23 Å². The fourth-order valence-electron chi connectivity index (χ4n) is 1.10. The van der Waals surface area contributed by atoms with Crippen LogP contribution < -0.4 is 0 Å². The normalized spacial score (nSPS) is 34.8. The zero-order valence-corrected chi connectivity index (χ0v) is 8.24. The molecule has 0 aromatic heterocycles. The van der Waals surface area contributed by atoms with Crippen LogP contribution in [0.25, 0.3) is 0 Å². The first-order valence-electron chi connectivity index (χ1n) is 3.87. The molecule has 10 heavy (non-hydrogen) atoms. The van der Waals surface area contributed by atoms with Gasteiger partial charge in [0.25, 0.3) is 0 Å². The van der Waals surface area contributed by atoms with Crippen molar-refractivity contribution >= 4 is 7.92 Å². The standard InChI is InChI=1S/C8H17OP/c1-7-5-10(6-9-7)8(2,3)4/h7H,5-6H2,1-4H3/t7-,10?/m1/s1. The van der Waals surface area contributed by atoms with Gasteiger partial charge in [0.05, 0.1) is 12.5 Å². The van der Waals surface area contributed by atoms with Crippen LogP contribution in [-0.2, 0) is 4.74 Å². The van der Waals surface area contributed by atoms with Gasteiger partial charge in [-0.05, 0) is 18.2 Å². The summed E-state index contributed by atoms with van der Waals surface area (Å²) in [5, 5.41) is 0.500. The molecule has 0 aromatic carbocycles. The van der Waals surface area contributed by atoms with Crippen LogP contribution in [0.4, 0.5) is 0 Å².